The van der Waals surface area contributed by atoms with Gasteiger partial charge in [0.25, 0.3) is 5.91 Å². The van der Waals surface area contributed by atoms with Crippen LogP contribution in [0.3, 0.4) is 0 Å². The second kappa shape index (κ2) is 12.8. The Kier molecular flexibility index (Phi) is 9.52. The smallest absolute Gasteiger partial charge is 0.254 e. The zero-order chi connectivity index (χ0) is 27.1. The van der Waals surface area contributed by atoms with E-state index in [0.717, 1.165) is 38.8 Å². The summed E-state index contributed by atoms with van der Waals surface area (Å²) in [5.41, 5.74) is 5.03. The quantitative estimate of drug-likeness (QED) is 0.495. The predicted octanol–water partition coefficient (Wildman–Crippen LogP) is 3.93. The molecular formula is C29H42FN5O3. The number of nitrogens with zero attached hydrogens (tertiary/aromatic N) is 4. The van der Waals surface area contributed by atoms with Gasteiger partial charge in [-0.25, -0.2) is 14.4 Å². The number of primary amides is 1. The average Bonchev–Trinajstić information content (AvgIpc) is 2.96. The number of aromatic nitrogens is 2. The van der Waals surface area contributed by atoms with E-state index in [-0.39, 0.29) is 11.8 Å². The number of likely N-dealkylation sites (tertiary alicyclic amines) is 2. The van der Waals surface area contributed by atoms with Crippen LogP contribution in [-0.2, 0) is 9.59 Å². The fourth-order valence-electron chi connectivity index (χ4n) is 5.60. The molecule has 1 aliphatic carbocycles. The maximum atomic E-state index is 14.7. The molecule has 38 heavy (non-hydrogen) atoms. The molecule has 0 spiro atoms. The highest BCUT2D eigenvalue weighted by molar-refractivity contribution is 5.99. The van der Waals surface area contributed by atoms with Gasteiger partial charge in [-0.05, 0) is 70.4 Å². The third kappa shape index (κ3) is 6.98. The minimum Gasteiger partial charge on any atom is -0.490 e. The molecule has 2 atom stereocenters. The molecule has 0 aromatic carbocycles. The number of allylic oxidation sites excluding steroid dienone is 2. The first-order valence-electron chi connectivity index (χ1n) is 14.2. The van der Waals surface area contributed by atoms with Crippen LogP contribution in [0.15, 0.2) is 36.2 Å². The van der Waals surface area contributed by atoms with Crippen molar-refractivity contribution in [3.05, 3.63) is 42.0 Å². The molecule has 4 rings (SSSR count). The van der Waals surface area contributed by atoms with Crippen molar-refractivity contribution in [3.8, 4) is 5.75 Å². The van der Waals surface area contributed by atoms with E-state index in [4.69, 9.17) is 10.5 Å². The first kappa shape index (κ1) is 28.2. The number of hydrogen-bond acceptors (Lipinski definition) is 6. The minimum absolute atomic E-state index is 0.0212. The molecule has 2 fully saturated rings. The summed E-state index contributed by atoms with van der Waals surface area (Å²) in [4.78, 5) is 37.7. The Hall–Kier alpha value is -2.81. The van der Waals surface area contributed by atoms with Crippen LogP contribution in [0.1, 0.15) is 77.0 Å². The summed E-state index contributed by atoms with van der Waals surface area (Å²) in [6.07, 6.45) is 15.2. The van der Waals surface area contributed by atoms with Gasteiger partial charge in [0.15, 0.2) is 5.75 Å². The van der Waals surface area contributed by atoms with Crippen molar-refractivity contribution in [1.29, 1.82) is 0 Å². The molecule has 9 heteroatoms. The van der Waals surface area contributed by atoms with Crippen LogP contribution in [-0.4, -0.2) is 76.1 Å². The van der Waals surface area contributed by atoms with E-state index in [2.05, 4.69) is 14.9 Å². The number of hydrogen-bond donors (Lipinski definition) is 1. The van der Waals surface area contributed by atoms with Gasteiger partial charge in [-0.15, -0.1) is 0 Å². The van der Waals surface area contributed by atoms with Gasteiger partial charge in [-0.1, -0.05) is 32.1 Å². The molecule has 0 bridgehead atoms. The summed E-state index contributed by atoms with van der Waals surface area (Å²) < 4.78 is 20.7. The number of piperidine rings is 2. The third-order valence-electron chi connectivity index (χ3n) is 8.39. The van der Waals surface area contributed by atoms with E-state index < -0.39 is 17.6 Å². The summed E-state index contributed by atoms with van der Waals surface area (Å²) in [7, 11) is 0. The number of carbonyl (C=O) groups is 2. The lowest BCUT2D eigenvalue weighted by molar-refractivity contribution is -0.137. The highest BCUT2D eigenvalue weighted by Crippen LogP contribution is 2.28. The van der Waals surface area contributed by atoms with Crippen molar-refractivity contribution >= 4 is 11.8 Å². The number of halogens is 1. The molecule has 8 nitrogen and oxygen atoms in total. The number of carbonyl (C=O) groups excluding carboxylic acids is 2. The molecule has 3 heterocycles. The van der Waals surface area contributed by atoms with Crippen LogP contribution in [0.25, 0.3) is 0 Å². The van der Waals surface area contributed by atoms with E-state index in [1.165, 1.54) is 0 Å². The van der Waals surface area contributed by atoms with Gasteiger partial charge in [-0.3, -0.25) is 9.59 Å². The molecule has 2 aliphatic heterocycles. The molecule has 1 unspecified atom stereocenters. The third-order valence-corrected chi connectivity index (χ3v) is 8.39. The Morgan fingerprint density at radius 1 is 1.11 bits per heavy atom. The predicted molar refractivity (Wildman–Crippen MR) is 144 cm³/mol. The van der Waals surface area contributed by atoms with Gasteiger partial charge in [0, 0.05) is 24.6 Å². The summed E-state index contributed by atoms with van der Waals surface area (Å²) >= 11 is 0. The van der Waals surface area contributed by atoms with Crippen LogP contribution >= 0.6 is 0 Å². The molecule has 2 N–H and O–H groups in total. The summed E-state index contributed by atoms with van der Waals surface area (Å²) in [6, 6.07) is -0.525. The molecule has 3 aliphatic rings. The van der Waals surface area contributed by atoms with Gasteiger partial charge in [0.05, 0.1) is 19.0 Å². The molecule has 0 saturated carbocycles. The average molecular weight is 528 g/mol. The highest BCUT2D eigenvalue weighted by atomic mass is 19.1. The molecule has 1 aromatic heterocycles. The Labute approximate surface area is 225 Å². The van der Waals surface area contributed by atoms with E-state index in [9.17, 15) is 14.0 Å². The number of nitrogens with two attached hydrogens (primary N) is 1. The standard InChI is InChI=1S/C29H42FN5O3/c1-3-29(30,4-2)20-34-15-12-21(13-16-34)19-38-24-17-32-27(33-18-24)22-8-10-23(11-9-22)28(37)35-14-6-5-7-25(35)26(31)36/h8,10-11,17-18,21-22,25H,3-7,9,12-16,19-20H2,1-2H3,(H2,31,36)/t22?,25-/m1/s1. The second-order valence-corrected chi connectivity index (χ2v) is 10.9. The second-order valence-electron chi connectivity index (χ2n) is 10.9. The first-order valence-corrected chi connectivity index (χ1v) is 14.2. The first-order chi connectivity index (χ1) is 18.3. The maximum absolute atomic E-state index is 14.7. The largest absolute Gasteiger partial charge is 0.490 e. The van der Waals surface area contributed by atoms with E-state index >= 15 is 0 Å². The molecule has 0 radical (unpaired) electrons. The van der Waals surface area contributed by atoms with Gasteiger partial charge in [0.2, 0.25) is 5.91 Å². The lowest BCUT2D eigenvalue weighted by atomic mass is 9.94. The topological polar surface area (TPSA) is 102 Å². The van der Waals surface area contributed by atoms with Crippen molar-refractivity contribution in [3.63, 3.8) is 0 Å². The molecule has 208 valence electrons. The summed E-state index contributed by atoms with van der Waals surface area (Å²) in [5, 5.41) is 0. The van der Waals surface area contributed by atoms with Crippen molar-refractivity contribution in [1.82, 2.24) is 19.8 Å². The summed E-state index contributed by atoms with van der Waals surface area (Å²) in [5.74, 6) is 1.17. The molecule has 2 saturated heterocycles. The Morgan fingerprint density at radius 3 is 2.42 bits per heavy atom. The van der Waals surface area contributed by atoms with Crippen molar-refractivity contribution in [2.45, 2.75) is 82.8 Å². The van der Waals surface area contributed by atoms with Gasteiger partial charge >= 0.3 is 0 Å². The SMILES string of the molecule is CCC(F)(CC)CN1CCC(COc2cnc(C3C=CC(C(=O)N4CCCC[C@@H]4C(N)=O)=CC3)nc2)CC1. The van der Waals surface area contributed by atoms with E-state index in [1.807, 2.05) is 26.0 Å². The van der Waals surface area contributed by atoms with Crippen LogP contribution in [0.5, 0.6) is 5.75 Å². The Balaban J connectivity index is 1.23. The number of alkyl halides is 1. The van der Waals surface area contributed by atoms with Crippen LogP contribution < -0.4 is 10.5 Å². The van der Waals surface area contributed by atoms with Gasteiger partial charge < -0.3 is 20.3 Å². The van der Waals surface area contributed by atoms with Crippen molar-refractivity contribution in [2.24, 2.45) is 11.7 Å². The van der Waals surface area contributed by atoms with Crippen molar-refractivity contribution < 1.29 is 18.7 Å². The van der Waals surface area contributed by atoms with Crippen LogP contribution in [0, 0.1) is 5.92 Å². The number of amides is 2. The van der Waals surface area contributed by atoms with E-state index in [0.29, 0.717) is 68.4 Å². The monoisotopic (exact) mass is 527 g/mol. The van der Waals surface area contributed by atoms with Crippen molar-refractivity contribution in [2.75, 3.05) is 32.8 Å². The zero-order valence-corrected chi connectivity index (χ0v) is 22.8. The van der Waals surface area contributed by atoms with Crippen LogP contribution in [0.2, 0.25) is 0 Å². The van der Waals surface area contributed by atoms with Gasteiger partial charge in [0.1, 0.15) is 17.5 Å². The Morgan fingerprint density at radius 2 is 1.82 bits per heavy atom. The lowest BCUT2D eigenvalue weighted by Crippen LogP contribution is -2.50. The zero-order valence-electron chi connectivity index (χ0n) is 22.8. The molecular weight excluding hydrogens is 485 g/mol. The lowest BCUT2D eigenvalue weighted by Gasteiger charge is -2.36. The van der Waals surface area contributed by atoms with E-state index in [1.54, 1.807) is 23.4 Å². The fraction of sp³-hybridized carbons (Fsp3) is 0.655. The number of rotatable bonds is 10. The maximum Gasteiger partial charge on any atom is 0.254 e. The molecule has 2 amide bonds. The fourth-order valence-corrected chi connectivity index (χ4v) is 5.60. The number of ether oxygens (including phenoxy) is 1. The Bertz CT molecular complexity index is 1020. The molecule has 1 aromatic rings. The normalized spacial score (nSPS) is 23.2. The van der Waals surface area contributed by atoms with Crippen LogP contribution in [0.4, 0.5) is 4.39 Å². The van der Waals surface area contributed by atoms with Gasteiger partial charge in [-0.2, -0.15) is 0 Å². The minimum atomic E-state index is -1.08. The summed E-state index contributed by atoms with van der Waals surface area (Å²) in [6.45, 7) is 7.35. The highest BCUT2D eigenvalue weighted by Gasteiger charge is 2.33.